The molecule has 0 fully saturated rings. The number of thiazole rings is 1. The molecule has 0 radical (unpaired) electrons. The lowest BCUT2D eigenvalue weighted by Crippen LogP contribution is -2.30. The van der Waals surface area contributed by atoms with Crippen molar-refractivity contribution < 1.29 is 13.2 Å². The fourth-order valence-corrected chi connectivity index (χ4v) is 4.04. The van der Waals surface area contributed by atoms with Crippen LogP contribution in [0.4, 0.5) is 5.13 Å². The Morgan fingerprint density at radius 3 is 2.67 bits per heavy atom. The summed E-state index contributed by atoms with van der Waals surface area (Å²) in [5.74, 6) is -0.536. The first-order valence-electron chi connectivity index (χ1n) is 7.07. The summed E-state index contributed by atoms with van der Waals surface area (Å²) in [6.07, 6.45) is 1.07. The summed E-state index contributed by atoms with van der Waals surface area (Å²) >= 11 is 1.40. The fourth-order valence-electron chi connectivity index (χ4n) is 2.24. The van der Waals surface area contributed by atoms with Crippen LogP contribution in [0.3, 0.4) is 0 Å². The molecule has 1 amide bonds. The molecule has 0 aliphatic heterocycles. The molecule has 0 spiro atoms. The number of aromatic nitrogens is 1. The molecular weight excluding hydrogens is 346 g/mol. The van der Waals surface area contributed by atoms with E-state index in [9.17, 15) is 13.2 Å². The van der Waals surface area contributed by atoms with Crippen LogP contribution in [0.15, 0.2) is 47.4 Å². The van der Waals surface area contributed by atoms with Crippen molar-refractivity contribution in [2.75, 3.05) is 11.7 Å². The average molecular weight is 361 g/mol. The summed E-state index contributed by atoms with van der Waals surface area (Å²) in [7, 11) is -3.49. The number of fused-ring (bicyclic) bond motifs is 1. The molecule has 6 nitrogen and oxygen atoms in total. The number of hydrogen-bond donors (Lipinski definition) is 2. The molecule has 8 heteroatoms. The maximum absolute atomic E-state index is 12.3. The van der Waals surface area contributed by atoms with Gasteiger partial charge in [-0.2, -0.15) is 0 Å². The van der Waals surface area contributed by atoms with Gasteiger partial charge in [-0.1, -0.05) is 29.5 Å². The highest BCUT2D eigenvalue weighted by molar-refractivity contribution is 7.90. The number of carbonyl (C=O) groups is 1. The monoisotopic (exact) mass is 361 g/mol. The van der Waals surface area contributed by atoms with Gasteiger partial charge in [-0.15, -0.1) is 0 Å². The van der Waals surface area contributed by atoms with Gasteiger partial charge in [-0.25, -0.2) is 13.4 Å². The van der Waals surface area contributed by atoms with Gasteiger partial charge in [0.05, 0.1) is 20.7 Å². The molecule has 0 saturated heterocycles. The molecule has 1 aromatic heterocycles. The largest absolute Gasteiger partial charge is 0.273 e. The zero-order valence-electron chi connectivity index (χ0n) is 13.0. The van der Waals surface area contributed by atoms with Crippen LogP contribution in [-0.2, 0) is 9.84 Å². The second-order valence-corrected chi connectivity index (χ2v) is 8.35. The first kappa shape index (κ1) is 16.4. The van der Waals surface area contributed by atoms with Crippen LogP contribution in [0.1, 0.15) is 15.9 Å². The Morgan fingerprint density at radius 2 is 1.92 bits per heavy atom. The smallest absolute Gasteiger partial charge is 0.270 e. The molecule has 0 atom stereocenters. The highest BCUT2D eigenvalue weighted by atomic mass is 32.2. The van der Waals surface area contributed by atoms with Crippen molar-refractivity contribution in [1.82, 2.24) is 10.4 Å². The zero-order chi connectivity index (χ0) is 17.3. The third kappa shape index (κ3) is 3.39. The van der Waals surface area contributed by atoms with E-state index in [2.05, 4.69) is 15.8 Å². The van der Waals surface area contributed by atoms with Crippen LogP contribution in [0.2, 0.25) is 0 Å². The Hall–Kier alpha value is -2.45. The lowest BCUT2D eigenvalue weighted by Gasteiger charge is -2.08. The standard InChI is InChI=1S/C16H15N3O3S2/c1-10-7-8-12-13(9-10)23-16(17-12)19-18-15(20)11-5-3-4-6-14(11)24(2,21)22/h3-9H,1-2H3,(H,17,19)(H,18,20). The van der Waals surface area contributed by atoms with Gasteiger partial charge in [0.1, 0.15) is 0 Å². The topological polar surface area (TPSA) is 88.2 Å². The maximum atomic E-state index is 12.3. The van der Waals surface area contributed by atoms with Crippen molar-refractivity contribution in [3.8, 4) is 0 Å². The normalized spacial score (nSPS) is 11.4. The predicted octanol–water partition coefficient (Wildman–Crippen LogP) is 2.77. The number of hydrogen-bond acceptors (Lipinski definition) is 6. The highest BCUT2D eigenvalue weighted by Crippen LogP contribution is 2.26. The number of aryl methyl sites for hydroxylation is 1. The van der Waals surface area contributed by atoms with E-state index in [1.807, 2.05) is 25.1 Å². The predicted molar refractivity (Wildman–Crippen MR) is 95.0 cm³/mol. The van der Waals surface area contributed by atoms with Gasteiger partial charge < -0.3 is 0 Å². The highest BCUT2D eigenvalue weighted by Gasteiger charge is 2.18. The zero-order valence-corrected chi connectivity index (χ0v) is 14.7. The van der Waals surface area contributed by atoms with Crippen LogP contribution < -0.4 is 10.9 Å². The third-order valence-corrected chi connectivity index (χ3v) is 5.45. The first-order chi connectivity index (χ1) is 11.3. The van der Waals surface area contributed by atoms with Crippen LogP contribution in [0.5, 0.6) is 0 Å². The van der Waals surface area contributed by atoms with Crippen molar-refractivity contribution in [2.45, 2.75) is 11.8 Å². The lowest BCUT2D eigenvalue weighted by molar-refractivity contribution is 0.0959. The molecule has 2 N–H and O–H groups in total. The van der Waals surface area contributed by atoms with Crippen molar-refractivity contribution in [1.29, 1.82) is 0 Å². The lowest BCUT2D eigenvalue weighted by atomic mass is 10.2. The number of nitrogens with zero attached hydrogens (tertiary/aromatic N) is 1. The van der Waals surface area contributed by atoms with E-state index in [0.717, 1.165) is 22.0 Å². The van der Waals surface area contributed by atoms with Crippen molar-refractivity contribution in [3.63, 3.8) is 0 Å². The number of rotatable bonds is 4. The average Bonchev–Trinajstić information content (AvgIpc) is 2.93. The van der Waals surface area contributed by atoms with Crippen LogP contribution >= 0.6 is 11.3 Å². The van der Waals surface area contributed by atoms with E-state index >= 15 is 0 Å². The Morgan fingerprint density at radius 1 is 1.17 bits per heavy atom. The molecule has 0 aliphatic rings. The van der Waals surface area contributed by atoms with Gasteiger partial charge in [0, 0.05) is 6.26 Å². The van der Waals surface area contributed by atoms with E-state index in [1.54, 1.807) is 12.1 Å². The van der Waals surface area contributed by atoms with Crippen molar-refractivity contribution in [2.24, 2.45) is 0 Å². The van der Waals surface area contributed by atoms with Crippen LogP contribution in [0, 0.1) is 6.92 Å². The number of sulfone groups is 1. The van der Waals surface area contributed by atoms with E-state index < -0.39 is 15.7 Å². The van der Waals surface area contributed by atoms with E-state index in [0.29, 0.717) is 5.13 Å². The second kappa shape index (κ2) is 6.21. The summed E-state index contributed by atoms with van der Waals surface area (Å²) in [5, 5.41) is 0.529. The maximum Gasteiger partial charge on any atom is 0.270 e. The second-order valence-electron chi connectivity index (χ2n) is 5.34. The molecular formula is C16H15N3O3S2. The quantitative estimate of drug-likeness (QED) is 0.698. The number of hydrazine groups is 1. The van der Waals surface area contributed by atoms with Crippen molar-refractivity contribution >= 4 is 42.4 Å². The minimum Gasteiger partial charge on any atom is -0.273 e. The van der Waals surface area contributed by atoms with Crippen molar-refractivity contribution in [3.05, 3.63) is 53.6 Å². The molecule has 3 aromatic rings. The summed E-state index contributed by atoms with van der Waals surface area (Å²) in [5.41, 5.74) is 7.29. The summed E-state index contributed by atoms with van der Waals surface area (Å²) in [4.78, 5) is 16.6. The molecule has 24 heavy (non-hydrogen) atoms. The molecule has 124 valence electrons. The van der Waals surface area contributed by atoms with Gasteiger partial charge >= 0.3 is 0 Å². The Labute approximate surface area is 143 Å². The Bertz CT molecular complexity index is 1030. The summed E-state index contributed by atoms with van der Waals surface area (Å²) in [6.45, 7) is 2.00. The molecule has 1 heterocycles. The van der Waals surface area contributed by atoms with Crippen LogP contribution in [0.25, 0.3) is 10.2 Å². The molecule has 3 rings (SSSR count). The Kier molecular flexibility index (Phi) is 4.25. The summed E-state index contributed by atoms with van der Waals surface area (Å²) in [6, 6.07) is 12.0. The molecule has 0 unspecified atom stereocenters. The number of amides is 1. The molecule has 0 aliphatic carbocycles. The number of nitrogens with one attached hydrogen (secondary N) is 2. The number of benzene rings is 2. The minimum absolute atomic E-state index is 0.00998. The van der Waals surface area contributed by atoms with Gasteiger partial charge in [0.15, 0.2) is 9.84 Å². The SMILES string of the molecule is Cc1ccc2nc(NNC(=O)c3ccccc3S(C)(=O)=O)sc2c1. The fraction of sp³-hybridized carbons (Fsp3) is 0.125. The van der Waals surface area contributed by atoms with E-state index in [1.165, 1.54) is 23.5 Å². The van der Waals surface area contributed by atoms with Gasteiger partial charge in [-0.3, -0.25) is 15.6 Å². The van der Waals surface area contributed by atoms with Gasteiger partial charge in [0.2, 0.25) is 5.13 Å². The first-order valence-corrected chi connectivity index (χ1v) is 9.78. The van der Waals surface area contributed by atoms with Gasteiger partial charge in [0.25, 0.3) is 5.91 Å². The molecule has 2 aromatic carbocycles. The third-order valence-electron chi connectivity index (χ3n) is 3.36. The van der Waals surface area contributed by atoms with E-state index in [4.69, 9.17) is 0 Å². The minimum atomic E-state index is -3.49. The molecule has 0 saturated carbocycles. The number of carbonyl (C=O) groups excluding carboxylic acids is 1. The number of anilines is 1. The Balaban J connectivity index is 1.80. The van der Waals surface area contributed by atoms with Gasteiger partial charge in [-0.05, 0) is 36.8 Å². The summed E-state index contributed by atoms with van der Waals surface area (Å²) < 4.78 is 24.5. The van der Waals surface area contributed by atoms with Crippen LogP contribution in [-0.4, -0.2) is 25.6 Å². The van der Waals surface area contributed by atoms with E-state index in [-0.39, 0.29) is 10.5 Å². The molecule has 0 bridgehead atoms.